The van der Waals surface area contributed by atoms with Crippen LogP contribution in [0.2, 0.25) is 0 Å². The summed E-state index contributed by atoms with van der Waals surface area (Å²) in [6.45, 7) is 0. The fourth-order valence-electron chi connectivity index (χ4n) is 0.143. The third-order valence-electron chi connectivity index (χ3n) is 0.402. The summed E-state index contributed by atoms with van der Waals surface area (Å²) in [6, 6.07) is 0. The molecule has 0 aromatic rings. The van der Waals surface area contributed by atoms with Gasteiger partial charge in [0.1, 0.15) is 0 Å². The van der Waals surface area contributed by atoms with Gasteiger partial charge in [-0.2, -0.15) is 0 Å². The molecule has 1 saturated heterocycles. The fraction of sp³-hybridized carbons (Fsp3) is 0. The average Bonchev–Trinajstić information content (AvgIpc) is 1.23. The molecule has 0 atom stereocenters. The van der Waals surface area contributed by atoms with Crippen LogP contribution >= 0.6 is 0 Å². The molecule has 0 aliphatic carbocycles. The number of rotatable bonds is 0. The van der Waals surface area contributed by atoms with Crippen molar-refractivity contribution in [1.82, 2.24) is 0 Å². The third kappa shape index (κ3) is 0.520. The Morgan fingerprint density at radius 1 is 1.29 bits per heavy atom. The van der Waals surface area contributed by atoms with Gasteiger partial charge in [-0.25, -0.2) is 9.78 Å². The number of hydrogen-bond acceptors (Lipinski definition) is 5. The van der Waals surface area contributed by atoms with E-state index < -0.39 is 11.9 Å². The Hall–Kier alpha value is -1.10. The predicted octanol–water partition coefficient (Wildman–Crippen LogP) is 0.122. The minimum absolute atomic E-state index is 0.417. The Morgan fingerprint density at radius 3 is 1.86 bits per heavy atom. The van der Waals surface area contributed by atoms with E-state index in [0.717, 1.165) is 0 Å². The lowest BCUT2D eigenvalue weighted by Gasteiger charge is -2.11. The van der Waals surface area contributed by atoms with Gasteiger partial charge in [-0.3, -0.25) is 0 Å². The lowest BCUT2D eigenvalue weighted by atomic mass is 10.9. The van der Waals surface area contributed by atoms with E-state index in [1.54, 1.807) is 0 Å². The van der Waals surface area contributed by atoms with Crippen molar-refractivity contribution in [2.45, 2.75) is 0 Å². The van der Waals surface area contributed by atoms with E-state index in [1.807, 2.05) is 0 Å². The number of hydrogen-bond donors (Lipinski definition) is 2. The van der Waals surface area contributed by atoms with Gasteiger partial charge in [0.2, 0.25) is 0 Å². The Morgan fingerprint density at radius 2 is 1.86 bits per heavy atom. The Kier molecular flexibility index (Phi) is 0.694. The summed E-state index contributed by atoms with van der Waals surface area (Å²) < 4.78 is 0. The summed E-state index contributed by atoms with van der Waals surface area (Å²) >= 11 is 0. The van der Waals surface area contributed by atoms with E-state index in [2.05, 4.69) is 14.8 Å². The summed E-state index contributed by atoms with van der Waals surface area (Å²) in [7, 11) is 0. The van der Waals surface area contributed by atoms with Crippen LogP contribution in [0.25, 0.3) is 0 Å². The standard InChI is InChI=1S/C2H2O5/c3-1(4)2-5-7-6-2/h3-4H. The first-order valence-electron chi connectivity index (χ1n) is 1.44. The van der Waals surface area contributed by atoms with E-state index in [-0.39, 0.29) is 0 Å². The SMILES string of the molecule is OC(O)=C1OOO1. The van der Waals surface area contributed by atoms with Crippen LogP contribution in [0, 0.1) is 0 Å². The van der Waals surface area contributed by atoms with Crippen molar-refractivity contribution in [3.8, 4) is 0 Å². The largest absolute Gasteiger partial charge is 0.476 e. The van der Waals surface area contributed by atoms with Crippen LogP contribution in [-0.4, -0.2) is 10.2 Å². The van der Waals surface area contributed by atoms with Gasteiger partial charge in [0.15, 0.2) is 0 Å². The van der Waals surface area contributed by atoms with Gasteiger partial charge in [0.25, 0.3) is 0 Å². The molecule has 0 unspecified atom stereocenters. The first-order chi connectivity index (χ1) is 3.30. The minimum atomic E-state index is -1.02. The first kappa shape index (κ1) is 4.07. The Balaban J connectivity index is 2.52. The summed E-state index contributed by atoms with van der Waals surface area (Å²) in [5.74, 6) is -1.44. The maximum Gasteiger partial charge on any atom is 0.440 e. The highest BCUT2D eigenvalue weighted by atomic mass is 17.6. The van der Waals surface area contributed by atoms with Crippen molar-refractivity contribution < 1.29 is 25.0 Å². The highest BCUT2D eigenvalue weighted by Crippen LogP contribution is 2.14. The van der Waals surface area contributed by atoms with Crippen molar-refractivity contribution in [2.75, 3.05) is 0 Å². The molecule has 0 spiro atoms. The third-order valence-corrected chi connectivity index (χ3v) is 0.402. The fourth-order valence-corrected chi connectivity index (χ4v) is 0.143. The minimum Gasteiger partial charge on any atom is -0.476 e. The number of aliphatic hydroxyl groups excluding tert-OH is 1. The number of aliphatic hydroxyl groups is 2. The van der Waals surface area contributed by atoms with Crippen molar-refractivity contribution in [2.24, 2.45) is 0 Å². The van der Waals surface area contributed by atoms with Gasteiger partial charge in [0.05, 0.1) is 0 Å². The van der Waals surface area contributed by atoms with Crippen LogP contribution in [0.5, 0.6) is 0 Å². The molecule has 0 aromatic heterocycles. The quantitative estimate of drug-likeness (QED) is 0.339. The molecular formula is C2H2O5. The zero-order valence-electron chi connectivity index (χ0n) is 3.12. The molecule has 1 heterocycles. The smallest absolute Gasteiger partial charge is 0.440 e. The van der Waals surface area contributed by atoms with Gasteiger partial charge >= 0.3 is 11.9 Å². The lowest BCUT2D eigenvalue weighted by molar-refractivity contribution is -0.605. The molecule has 2 N–H and O–H groups in total. The van der Waals surface area contributed by atoms with Crippen molar-refractivity contribution in [3.05, 3.63) is 11.9 Å². The van der Waals surface area contributed by atoms with E-state index in [4.69, 9.17) is 10.2 Å². The molecule has 5 nitrogen and oxygen atoms in total. The highest BCUT2D eigenvalue weighted by Gasteiger charge is 2.21. The van der Waals surface area contributed by atoms with E-state index in [1.165, 1.54) is 0 Å². The molecule has 40 valence electrons. The van der Waals surface area contributed by atoms with Gasteiger partial charge in [-0.05, 0) is 0 Å². The van der Waals surface area contributed by atoms with E-state index in [0.29, 0.717) is 0 Å². The summed E-state index contributed by atoms with van der Waals surface area (Å²) in [5.41, 5.74) is 0. The van der Waals surface area contributed by atoms with Crippen LogP contribution in [0.4, 0.5) is 0 Å². The van der Waals surface area contributed by atoms with Crippen molar-refractivity contribution in [3.63, 3.8) is 0 Å². The molecule has 0 amide bonds. The first-order valence-corrected chi connectivity index (χ1v) is 1.44. The molecule has 1 rings (SSSR count). The zero-order valence-corrected chi connectivity index (χ0v) is 3.12. The Labute approximate surface area is 38.2 Å². The second kappa shape index (κ2) is 1.19. The predicted molar refractivity (Wildman–Crippen MR) is 15.5 cm³/mol. The van der Waals surface area contributed by atoms with Gasteiger partial charge in [-0.15, -0.1) is 0 Å². The van der Waals surface area contributed by atoms with Gasteiger partial charge in [0, 0.05) is 5.04 Å². The maximum absolute atomic E-state index is 7.98. The topological polar surface area (TPSA) is 68.2 Å². The second-order valence-electron chi connectivity index (χ2n) is 0.846. The zero-order chi connectivity index (χ0) is 5.28. The van der Waals surface area contributed by atoms with Crippen LogP contribution in [0.3, 0.4) is 0 Å². The molecule has 0 aromatic carbocycles. The maximum atomic E-state index is 7.98. The summed E-state index contributed by atoms with van der Waals surface area (Å²) in [6.07, 6.45) is 0. The van der Waals surface area contributed by atoms with Gasteiger partial charge in [-0.1, -0.05) is 0 Å². The normalized spacial score (nSPS) is 16.3. The summed E-state index contributed by atoms with van der Waals surface area (Å²) in [5, 5.41) is 19.6. The molecule has 1 aliphatic heterocycles. The molecule has 7 heavy (non-hydrogen) atoms. The molecular weight excluding hydrogens is 104 g/mol. The van der Waals surface area contributed by atoms with Crippen LogP contribution in [-0.2, 0) is 14.8 Å². The van der Waals surface area contributed by atoms with Crippen LogP contribution < -0.4 is 0 Å². The molecule has 1 fully saturated rings. The lowest BCUT2D eigenvalue weighted by Crippen LogP contribution is -2.12. The monoisotopic (exact) mass is 106 g/mol. The van der Waals surface area contributed by atoms with Crippen molar-refractivity contribution >= 4 is 0 Å². The molecule has 0 saturated carbocycles. The molecule has 0 bridgehead atoms. The van der Waals surface area contributed by atoms with E-state index >= 15 is 0 Å². The molecule has 0 radical (unpaired) electrons. The van der Waals surface area contributed by atoms with Crippen LogP contribution in [0.15, 0.2) is 11.9 Å². The average molecular weight is 106 g/mol. The van der Waals surface area contributed by atoms with Crippen molar-refractivity contribution in [1.29, 1.82) is 0 Å². The molecule has 5 heteroatoms. The van der Waals surface area contributed by atoms with E-state index in [9.17, 15) is 0 Å². The Bertz CT molecular complexity index is 94.6. The molecule has 1 aliphatic rings. The second-order valence-corrected chi connectivity index (χ2v) is 0.846. The van der Waals surface area contributed by atoms with Gasteiger partial charge < -0.3 is 10.2 Å². The highest BCUT2D eigenvalue weighted by molar-refractivity contribution is 4.79. The van der Waals surface area contributed by atoms with Crippen LogP contribution in [0.1, 0.15) is 0 Å². The summed E-state index contributed by atoms with van der Waals surface area (Å²) in [4.78, 5) is 7.70.